The van der Waals surface area contributed by atoms with Crippen LogP contribution in [0.2, 0.25) is 0 Å². The van der Waals surface area contributed by atoms with Crippen LogP contribution in [-0.2, 0) is 0 Å². The van der Waals surface area contributed by atoms with Gasteiger partial charge in [-0.25, -0.2) is 0 Å². The number of hydrogen-bond acceptors (Lipinski definition) is 3. The SMILES string of the molecule is CCCN(CCN(C)C)CC(=O)c1ccccc1Br. The zero-order valence-electron chi connectivity index (χ0n) is 12.0. The zero-order valence-corrected chi connectivity index (χ0v) is 13.6. The second-order valence-corrected chi connectivity index (χ2v) is 5.84. The van der Waals surface area contributed by atoms with E-state index < -0.39 is 0 Å². The Kier molecular flexibility index (Phi) is 7.28. The fraction of sp³-hybridized carbons (Fsp3) is 0.533. The van der Waals surface area contributed by atoms with Gasteiger partial charge in [0, 0.05) is 23.1 Å². The number of rotatable bonds is 8. The maximum atomic E-state index is 12.3. The van der Waals surface area contributed by atoms with Gasteiger partial charge in [-0.2, -0.15) is 0 Å². The van der Waals surface area contributed by atoms with Gasteiger partial charge in [0.05, 0.1) is 6.54 Å². The molecular weight excluding hydrogens is 304 g/mol. The number of nitrogens with zero attached hydrogens (tertiary/aromatic N) is 2. The van der Waals surface area contributed by atoms with Gasteiger partial charge in [-0.1, -0.05) is 41.1 Å². The molecule has 3 nitrogen and oxygen atoms in total. The second-order valence-electron chi connectivity index (χ2n) is 4.98. The maximum Gasteiger partial charge on any atom is 0.177 e. The molecule has 0 saturated heterocycles. The number of carbonyl (C=O) groups is 1. The monoisotopic (exact) mass is 326 g/mol. The van der Waals surface area contributed by atoms with Crippen molar-refractivity contribution in [1.82, 2.24) is 9.80 Å². The minimum Gasteiger partial charge on any atom is -0.308 e. The Morgan fingerprint density at radius 1 is 1.16 bits per heavy atom. The third-order valence-electron chi connectivity index (χ3n) is 2.94. The van der Waals surface area contributed by atoms with E-state index in [0.29, 0.717) is 6.54 Å². The standard InChI is InChI=1S/C15H23BrN2O/c1-4-9-18(11-10-17(2)3)12-15(19)13-7-5-6-8-14(13)16/h5-8H,4,9-12H2,1-3H3. The fourth-order valence-electron chi connectivity index (χ4n) is 1.90. The van der Waals surface area contributed by atoms with Crippen LogP contribution >= 0.6 is 15.9 Å². The number of hydrogen-bond donors (Lipinski definition) is 0. The largest absolute Gasteiger partial charge is 0.308 e. The minimum absolute atomic E-state index is 0.180. The smallest absolute Gasteiger partial charge is 0.177 e. The van der Waals surface area contributed by atoms with E-state index in [2.05, 4.69) is 46.7 Å². The molecule has 0 aromatic heterocycles. The average molecular weight is 327 g/mol. The molecule has 1 aromatic rings. The lowest BCUT2D eigenvalue weighted by Crippen LogP contribution is -2.36. The molecule has 0 heterocycles. The third kappa shape index (κ3) is 5.85. The molecule has 106 valence electrons. The molecule has 0 saturated carbocycles. The highest BCUT2D eigenvalue weighted by molar-refractivity contribution is 9.10. The van der Waals surface area contributed by atoms with Crippen molar-refractivity contribution in [3.8, 4) is 0 Å². The van der Waals surface area contributed by atoms with Crippen molar-refractivity contribution in [3.05, 3.63) is 34.3 Å². The van der Waals surface area contributed by atoms with Gasteiger partial charge in [-0.3, -0.25) is 9.69 Å². The summed E-state index contributed by atoms with van der Waals surface area (Å²) in [4.78, 5) is 16.7. The molecule has 0 amide bonds. The first kappa shape index (κ1) is 16.3. The number of ketones is 1. The number of benzene rings is 1. The number of halogens is 1. The molecule has 1 rings (SSSR count). The molecule has 0 aliphatic carbocycles. The molecule has 0 atom stereocenters. The number of likely N-dealkylation sites (N-methyl/N-ethyl adjacent to an activating group) is 1. The Balaban J connectivity index is 2.63. The summed E-state index contributed by atoms with van der Waals surface area (Å²) in [5.74, 6) is 0.180. The highest BCUT2D eigenvalue weighted by Crippen LogP contribution is 2.16. The van der Waals surface area contributed by atoms with Crippen LogP contribution in [-0.4, -0.2) is 55.9 Å². The summed E-state index contributed by atoms with van der Waals surface area (Å²) >= 11 is 3.44. The molecule has 0 spiro atoms. The van der Waals surface area contributed by atoms with Crippen molar-refractivity contribution in [2.75, 3.05) is 40.3 Å². The number of carbonyl (C=O) groups excluding carboxylic acids is 1. The highest BCUT2D eigenvalue weighted by Gasteiger charge is 2.14. The van der Waals surface area contributed by atoms with Crippen molar-refractivity contribution in [2.24, 2.45) is 0 Å². The molecular formula is C15H23BrN2O. The Morgan fingerprint density at radius 3 is 2.42 bits per heavy atom. The van der Waals surface area contributed by atoms with Gasteiger partial charge in [0.15, 0.2) is 5.78 Å². The summed E-state index contributed by atoms with van der Waals surface area (Å²) in [6, 6.07) is 7.62. The lowest BCUT2D eigenvalue weighted by Gasteiger charge is -2.23. The lowest BCUT2D eigenvalue weighted by atomic mass is 10.1. The Hall–Kier alpha value is -0.710. The third-order valence-corrected chi connectivity index (χ3v) is 3.64. The predicted octanol–water partition coefficient (Wildman–Crippen LogP) is 2.91. The van der Waals surface area contributed by atoms with Crippen LogP contribution < -0.4 is 0 Å². The Bertz CT molecular complexity index is 407. The molecule has 0 radical (unpaired) electrons. The van der Waals surface area contributed by atoms with Gasteiger partial charge in [0.2, 0.25) is 0 Å². The van der Waals surface area contributed by atoms with E-state index in [1.165, 1.54) is 0 Å². The van der Waals surface area contributed by atoms with Crippen LogP contribution in [0, 0.1) is 0 Å². The van der Waals surface area contributed by atoms with E-state index >= 15 is 0 Å². The fourth-order valence-corrected chi connectivity index (χ4v) is 2.41. The lowest BCUT2D eigenvalue weighted by molar-refractivity contribution is 0.0924. The first-order valence-corrected chi connectivity index (χ1v) is 7.48. The Labute approximate surface area is 124 Å². The molecule has 0 N–H and O–H groups in total. The van der Waals surface area contributed by atoms with Crippen LogP contribution in [0.5, 0.6) is 0 Å². The summed E-state index contributed by atoms with van der Waals surface area (Å²) in [5.41, 5.74) is 0.772. The van der Waals surface area contributed by atoms with Crippen LogP contribution in [0.1, 0.15) is 23.7 Å². The van der Waals surface area contributed by atoms with Crippen LogP contribution in [0.15, 0.2) is 28.7 Å². The van der Waals surface area contributed by atoms with Gasteiger partial charge in [0.25, 0.3) is 0 Å². The van der Waals surface area contributed by atoms with Crippen molar-refractivity contribution >= 4 is 21.7 Å². The van der Waals surface area contributed by atoms with Crippen LogP contribution in [0.4, 0.5) is 0 Å². The zero-order chi connectivity index (χ0) is 14.3. The van der Waals surface area contributed by atoms with Crippen molar-refractivity contribution in [2.45, 2.75) is 13.3 Å². The van der Waals surface area contributed by atoms with E-state index in [1.54, 1.807) is 0 Å². The maximum absolute atomic E-state index is 12.3. The van der Waals surface area contributed by atoms with Crippen LogP contribution in [0.25, 0.3) is 0 Å². The van der Waals surface area contributed by atoms with Crippen molar-refractivity contribution in [3.63, 3.8) is 0 Å². The predicted molar refractivity (Wildman–Crippen MR) is 83.8 cm³/mol. The van der Waals surface area contributed by atoms with Gasteiger partial charge >= 0.3 is 0 Å². The molecule has 0 aliphatic rings. The van der Waals surface area contributed by atoms with Gasteiger partial charge < -0.3 is 4.90 Å². The number of Topliss-reactive ketones (excluding diaryl/α,β-unsaturated/α-hetero) is 1. The molecule has 0 aliphatic heterocycles. The van der Waals surface area contributed by atoms with E-state index in [0.717, 1.165) is 36.1 Å². The normalized spacial score (nSPS) is 11.3. The quantitative estimate of drug-likeness (QED) is 0.686. The minimum atomic E-state index is 0.180. The van der Waals surface area contributed by atoms with Gasteiger partial charge in [0.1, 0.15) is 0 Å². The van der Waals surface area contributed by atoms with E-state index in [1.807, 2.05) is 24.3 Å². The van der Waals surface area contributed by atoms with Crippen molar-refractivity contribution in [1.29, 1.82) is 0 Å². The summed E-state index contributed by atoms with van der Waals surface area (Å²) < 4.78 is 0.879. The molecule has 4 heteroatoms. The summed E-state index contributed by atoms with van der Waals surface area (Å²) in [5, 5.41) is 0. The first-order valence-electron chi connectivity index (χ1n) is 6.69. The van der Waals surface area contributed by atoms with E-state index in [4.69, 9.17) is 0 Å². The van der Waals surface area contributed by atoms with E-state index in [9.17, 15) is 4.79 Å². The molecule has 19 heavy (non-hydrogen) atoms. The first-order chi connectivity index (χ1) is 9.04. The molecule has 0 bridgehead atoms. The summed E-state index contributed by atoms with van der Waals surface area (Å²) in [6.45, 7) is 5.50. The summed E-state index contributed by atoms with van der Waals surface area (Å²) in [6.07, 6.45) is 1.07. The Morgan fingerprint density at radius 2 is 1.84 bits per heavy atom. The topological polar surface area (TPSA) is 23.6 Å². The average Bonchev–Trinajstić information content (AvgIpc) is 2.36. The molecule has 1 aromatic carbocycles. The van der Waals surface area contributed by atoms with Crippen LogP contribution in [0.3, 0.4) is 0 Å². The second kappa shape index (κ2) is 8.46. The molecule has 0 fully saturated rings. The summed E-state index contributed by atoms with van der Waals surface area (Å²) in [7, 11) is 4.11. The van der Waals surface area contributed by atoms with Gasteiger partial charge in [-0.05, 0) is 33.1 Å². The highest BCUT2D eigenvalue weighted by atomic mass is 79.9. The van der Waals surface area contributed by atoms with E-state index in [-0.39, 0.29) is 5.78 Å². The molecule has 0 unspecified atom stereocenters. The van der Waals surface area contributed by atoms with Gasteiger partial charge in [-0.15, -0.1) is 0 Å². The van der Waals surface area contributed by atoms with Crippen molar-refractivity contribution < 1.29 is 4.79 Å².